The molecule has 0 aliphatic heterocycles. The molecule has 0 N–H and O–H groups in total. The molecule has 0 spiro atoms. The van der Waals surface area contributed by atoms with Crippen LogP contribution in [0.3, 0.4) is 0 Å². The van der Waals surface area contributed by atoms with Crippen molar-refractivity contribution in [2.75, 3.05) is 33.6 Å². The first-order valence-electron chi connectivity index (χ1n) is 6.57. The molecule has 142 valence electrons. The highest BCUT2D eigenvalue weighted by Gasteiger charge is 2.29. The Hall–Kier alpha value is -1.28. The molecule has 0 heterocycles. The first-order chi connectivity index (χ1) is 10.9. The van der Waals surface area contributed by atoms with Crippen molar-refractivity contribution in [3.05, 3.63) is 0 Å². The minimum atomic E-state index is -4.37. The van der Waals surface area contributed by atoms with Gasteiger partial charge in [0.2, 0.25) is 0 Å². The van der Waals surface area contributed by atoms with Gasteiger partial charge in [0.1, 0.15) is 0 Å². The molecule has 0 saturated carbocycles. The van der Waals surface area contributed by atoms with Crippen LogP contribution in [-0.2, 0) is 47.9 Å². The molecule has 0 aromatic carbocycles. The number of nitrogens with zero attached hydrogens (tertiary/aromatic N) is 1. The van der Waals surface area contributed by atoms with Crippen molar-refractivity contribution in [3.63, 3.8) is 0 Å². The summed E-state index contributed by atoms with van der Waals surface area (Å²) in [6.07, 6.45) is -2.76. The number of ether oxygens (including phenoxy) is 2. The van der Waals surface area contributed by atoms with E-state index in [1.165, 1.54) is 6.92 Å². The van der Waals surface area contributed by atoms with E-state index < -0.39 is 56.9 Å². The van der Waals surface area contributed by atoms with Crippen molar-refractivity contribution in [1.82, 2.24) is 4.31 Å². The van der Waals surface area contributed by atoms with Crippen molar-refractivity contribution in [2.24, 2.45) is 0 Å². The van der Waals surface area contributed by atoms with Gasteiger partial charge in [-0.3, -0.25) is 4.18 Å². The van der Waals surface area contributed by atoms with E-state index in [1.54, 1.807) is 0 Å². The third-order valence-corrected chi connectivity index (χ3v) is 5.40. The molecular formula is C11H21NO10S2. The fraction of sp³-hybridized carbons (Fsp3) is 0.818. The van der Waals surface area contributed by atoms with Crippen LogP contribution in [0.2, 0.25) is 0 Å². The summed E-state index contributed by atoms with van der Waals surface area (Å²) in [5.74, 6) is -2.54. The van der Waals surface area contributed by atoms with Gasteiger partial charge in [0.25, 0.3) is 10.1 Å². The highest BCUT2D eigenvalue weighted by molar-refractivity contribution is 7.87. The lowest BCUT2D eigenvalue weighted by molar-refractivity contribution is -0.148. The number of methoxy groups -OCH3 is 2. The van der Waals surface area contributed by atoms with Gasteiger partial charge in [-0.2, -0.15) is 21.1 Å². The lowest BCUT2D eigenvalue weighted by Gasteiger charge is -2.19. The van der Waals surface area contributed by atoms with Gasteiger partial charge in [0.05, 0.1) is 20.0 Å². The second-order valence-corrected chi connectivity index (χ2v) is 7.95. The molecule has 0 fully saturated rings. The lowest BCUT2D eigenvalue weighted by Crippen LogP contribution is -2.38. The molecule has 0 rings (SSSR count). The van der Waals surface area contributed by atoms with Gasteiger partial charge in [-0.1, -0.05) is 0 Å². The van der Waals surface area contributed by atoms with E-state index in [2.05, 4.69) is 17.8 Å². The van der Waals surface area contributed by atoms with E-state index in [0.717, 1.165) is 28.2 Å². The summed E-state index contributed by atoms with van der Waals surface area (Å²) in [5, 5.41) is 0. The van der Waals surface area contributed by atoms with E-state index in [4.69, 9.17) is 0 Å². The van der Waals surface area contributed by atoms with Crippen LogP contribution >= 0.6 is 0 Å². The van der Waals surface area contributed by atoms with Gasteiger partial charge in [-0.15, -0.1) is 0 Å². The fourth-order valence-electron chi connectivity index (χ4n) is 1.29. The third-order valence-electron chi connectivity index (χ3n) is 2.66. The molecule has 2 atom stereocenters. The van der Waals surface area contributed by atoms with E-state index in [1.807, 2.05) is 0 Å². The van der Waals surface area contributed by atoms with Crippen molar-refractivity contribution in [3.8, 4) is 0 Å². The molecule has 0 amide bonds. The van der Waals surface area contributed by atoms with Crippen LogP contribution < -0.4 is 0 Å². The van der Waals surface area contributed by atoms with Crippen molar-refractivity contribution in [1.29, 1.82) is 0 Å². The van der Waals surface area contributed by atoms with Crippen molar-refractivity contribution < 1.29 is 44.3 Å². The van der Waals surface area contributed by atoms with Gasteiger partial charge in [0, 0.05) is 13.6 Å². The third kappa shape index (κ3) is 7.53. The normalized spacial score (nSPS) is 14.9. The Morgan fingerprint density at radius 3 is 1.75 bits per heavy atom. The van der Waals surface area contributed by atoms with Crippen LogP contribution in [-0.4, -0.2) is 78.9 Å². The second-order valence-electron chi connectivity index (χ2n) is 4.56. The molecule has 0 radical (unpaired) electrons. The summed E-state index contributed by atoms with van der Waals surface area (Å²) in [4.78, 5) is 22.3. The van der Waals surface area contributed by atoms with Crippen LogP contribution in [0.15, 0.2) is 0 Å². The van der Waals surface area contributed by atoms with Gasteiger partial charge in [0.15, 0.2) is 12.2 Å². The first-order valence-corrected chi connectivity index (χ1v) is 9.51. The molecule has 0 bridgehead atoms. The molecular weight excluding hydrogens is 370 g/mol. The fourth-order valence-corrected chi connectivity index (χ4v) is 3.42. The molecule has 0 aliphatic carbocycles. The predicted molar refractivity (Wildman–Crippen MR) is 80.5 cm³/mol. The Morgan fingerprint density at radius 2 is 1.33 bits per heavy atom. The lowest BCUT2D eigenvalue weighted by atomic mass is 10.4. The number of hydrogen-bond donors (Lipinski definition) is 0. The van der Waals surface area contributed by atoms with E-state index >= 15 is 0 Å². The number of rotatable bonds is 10. The smallest absolute Gasteiger partial charge is 0.338 e. The number of carbonyl (C=O) groups is 2. The highest BCUT2D eigenvalue weighted by atomic mass is 32.2. The van der Waals surface area contributed by atoms with E-state index in [9.17, 15) is 26.4 Å². The summed E-state index contributed by atoms with van der Waals surface area (Å²) in [6.45, 7) is 1.81. The Balaban J connectivity index is 4.73. The molecule has 0 aliphatic rings. The molecule has 0 aromatic rings. The zero-order valence-corrected chi connectivity index (χ0v) is 15.5. The van der Waals surface area contributed by atoms with Gasteiger partial charge in [-0.25, -0.2) is 13.8 Å². The minimum Gasteiger partial charge on any atom is -0.467 e. The Bertz CT molecular complexity index is 642. The highest BCUT2D eigenvalue weighted by Crippen LogP contribution is 2.08. The molecule has 24 heavy (non-hydrogen) atoms. The molecule has 11 nitrogen and oxygen atoms in total. The number of carbonyl (C=O) groups excluding carboxylic acids is 2. The molecule has 2 unspecified atom stereocenters. The summed E-state index contributed by atoms with van der Waals surface area (Å²) in [6, 6.07) is 0. The largest absolute Gasteiger partial charge is 0.467 e. The van der Waals surface area contributed by atoms with Crippen LogP contribution in [0, 0.1) is 0 Å². The quantitative estimate of drug-likeness (QED) is 0.324. The van der Waals surface area contributed by atoms with Crippen molar-refractivity contribution >= 4 is 32.4 Å². The predicted octanol–water partition coefficient (Wildman–Crippen LogP) is -1.35. The van der Waals surface area contributed by atoms with Crippen LogP contribution in [0.25, 0.3) is 0 Å². The van der Waals surface area contributed by atoms with E-state index in [-0.39, 0.29) is 0 Å². The maximum Gasteiger partial charge on any atom is 0.338 e. The maximum atomic E-state index is 11.8. The standard InChI is InChI=1S/C11H21NO10S2/c1-8(10(13)19-4)21-23(15,16)7-6-12(3)24(17,18)22-9(2)11(14)20-5/h8-9H,6-7H2,1-5H3. The SMILES string of the molecule is COC(=O)C(C)OS(=O)(=O)CCN(C)S(=O)(=O)OC(C)C(=O)OC. The minimum absolute atomic E-state index is 0.521. The molecule has 13 heteroatoms. The number of hydrogen-bond acceptors (Lipinski definition) is 10. The molecule has 0 aromatic heterocycles. The Labute approximate surface area is 141 Å². The second kappa shape index (κ2) is 9.27. The topological polar surface area (TPSA) is 143 Å². The summed E-state index contributed by atoms with van der Waals surface area (Å²) < 4.78 is 65.4. The summed E-state index contributed by atoms with van der Waals surface area (Å²) >= 11 is 0. The summed E-state index contributed by atoms with van der Waals surface area (Å²) in [5.41, 5.74) is 0. The van der Waals surface area contributed by atoms with Crippen LogP contribution in [0.1, 0.15) is 13.8 Å². The Morgan fingerprint density at radius 1 is 0.917 bits per heavy atom. The van der Waals surface area contributed by atoms with Gasteiger partial charge in [-0.05, 0) is 13.8 Å². The zero-order valence-electron chi connectivity index (χ0n) is 13.9. The average molecular weight is 391 g/mol. The van der Waals surface area contributed by atoms with Gasteiger partial charge < -0.3 is 9.47 Å². The Kier molecular flexibility index (Phi) is 8.77. The first kappa shape index (κ1) is 22.7. The number of esters is 2. The molecule has 0 saturated heterocycles. The summed E-state index contributed by atoms with van der Waals surface area (Å²) in [7, 11) is -5.38. The van der Waals surface area contributed by atoms with Crippen molar-refractivity contribution in [2.45, 2.75) is 26.1 Å². The maximum absolute atomic E-state index is 11.8. The van der Waals surface area contributed by atoms with Crippen LogP contribution in [0.5, 0.6) is 0 Å². The van der Waals surface area contributed by atoms with Gasteiger partial charge >= 0.3 is 22.2 Å². The monoisotopic (exact) mass is 391 g/mol. The zero-order chi connectivity index (χ0) is 19.1. The average Bonchev–Trinajstić information content (AvgIpc) is 2.49. The van der Waals surface area contributed by atoms with Crippen LogP contribution in [0.4, 0.5) is 0 Å². The van der Waals surface area contributed by atoms with E-state index in [0.29, 0.717) is 4.31 Å².